The predicted molar refractivity (Wildman–Crippen MR) is 104 cm³/mol. The maximum Gasteiger partial charge on any atom is 0.252 e. The van der Waals surface area contributed by atoms with Crippen LogP contribution < -0.4 is 5.32 Å². The average molecular weight is 342 g/mol. The third-order valence-corrected chi connectivity index (χ3v) is 5.18. The first-order valence-corrected chi connectivity index (χ1v) is 9.88. The van der Waals surface area contributed by atoms with E-state index in [-0.39, 0.29) is 11.3 Å². The van der Waals surface area contributed by atoms with Crippen molar-refractivity contribution in [3.8, 4) is 0 Å². The molecular weight excluding hydrogens is 314 g/mol. The quantitative estimate of drug-likeness (QED) is 0.436. The zero-order valence-corrected chi connectivity index (χ0v) is 15.2. The molecule has 0 unspecified atom stereocenters. The van der Waals surface area contributed by atoms with Gasteiger partial charge in [-0.2, -0.15) is 0 Å². The minimum atomic E-state index is -0.0112. The Morgan fingerprint density at radius 2 is 1.54 bits per heavy atom. The fourth-order valence-corrected chi connectivity index (χ4v) is 3.69. The smallest absolute Gasteiger partial charge is 0.252 e. The summed E-state index contributed by atoms with van der Waals surface area (Å²) >= 11 is 1.82. The van der Waals surface area contributed by atoms with Crippen LogP contribution in [0.5, 0.6) is 0 Å². The highest BCUT2D eigenvalue weighted by atomic mass is 32.2. The van der Waals surface area contributed by atoms with Gasteiger partial charge >= 0.3 is 0 Å². The molecule has 2 nitrogen and oxygen atoms in total. The zero-order valence-electron chi connectivity index (χ0n) is 14.4. The van der Waals surface area contributed by atoms with Crippen molar-refractivity contribution in [2.24, 2.45) is 0 Å². The minimum Gasteiger partial charge on any atom is -0.336 e. The number of thioether (sulfide) groups is 1. The number of rotatable bonds is 10. The molecule has 1 amide bonds. The van der Waals surface area contributed by atoms with Gasteiger partial charge in [-0.15, -0.1) is 11.8 Å². The van der Waals surface area contributed by atoms with Crippen LogP contribution in [0, 0.1) is 0 Å². The van der Waals surface area contributed by atoms with Crippen LogP contribution in [-0.4, -0.2) is 11.7 Å². The fourth-order valence-electron chi connectivity index (χ4n) is 2.55. The summed E-state index contributed by atoms with van der Waals surface area (Å²) in [6.07, 6.45) is 6.37. The van der Waals surface area contributed by atoms with Crippen LogP contribution in [0.3, 0.4) is 0 Å². The maximum atomic E-state index is 12.5. The van der Waals surface area contributed by atoms with Crippen molar-refractivity contribution < 1.29 is 4.79 Å². The molecule has 2 aromatic rings. The molecule has 0 saturated carbocycles. The number of benzene rings is 2. The largest absolute Gasteiger partial charge is 0.336 e. The number of hydrogen-bond donors (Lipinski definition) is 1. The lowest BCUT2D eigenvalue weighted by atomic mass is 10.2. The molecule has 24 heavy (non-hydrogen) atoms. The van der Waals surface area contributed by atoms with Gasteiger partial charge in [-0.05, 0) is 29.9 Å². The van der Waals surface area contributed by atoms with Gasteiger partial charge in [0.05, 0.1) is 0 Å². The number of nitrogens with one attached hydrogen (secondary N) is 1. The second-order valence-corrected chi connectivity index (χ2v) is 7.13. The van der Waals surface area contributed by atoms with Crippen LogP contribution in [0.25, 0.3) is 0 Å². The van der Waals surface area contributed by atoms with E-state index in [0.717, 1.165) is 11.3 Å². The molecule has 0 spiro atoms. The molecule has 0 saturated heterocycles. The third kappa shape index (κ3) is 6.40. The van der Waals surface area contributed by atoms with Gasteiger partial charge in [0.1, 0.15) is 5.37 Å². The van der Waals surface area contributed by atoms with Crippen molar-refractivity contribution in [2.75, 3.05) is 5.75 Å². The molecule has 0 aliphatic carbocycles. The first-order chi connectivity index (χ1) is 11.8. The van der Waals surface area contributed by atoms with Crippen molar-refractivity contribution in [3.63, 3.8) is 0 Å². The molecule has 0 heterocycles. The van der Waals surface area contributed by atoms with Crippen LogP contribution in [0.1, 0.15) is 60.3 Å². The van der Waals surface area contributed by atoms with Crippen molar-refractivity contribution in [1.82, 2.24) is 5.32 Å². The van der Waals surface area contributed by atoms with E-state index >= 15 is 0 Å². The van der Waals surface area contributed by atoms with E-state index in [4.69, 9.17) is 0 Å². The highest BCUT2D eigenvalue weighted by molar-refractivity contribution is 7.99. The van der Waals surface area contributed by atoms with Crippen molar-refractivity contribution in [2.45, 2.75) is 44.4 Å². The first kappa shape index (κ1) is 18.6. The van der Waals surface area contributed by atoms with Crippen LogP contribution in [0.15, 0.2) is 60.7 Å². The summed E-state index contributed by atoms with van der Waals surface area (Å²) in [4.78, 5) is 12.5. The van der Waals surface area contributed by atoms with Crippen LogP contribution in [-0.2, 0) is 0 Å². The molecule has 128 valence electrons. The zero-order chi connectivity index (χ0) is 17.0. The number of carbonyl (C=O) groups is 1. The molecule has 3 heteroatoms. The highest BCUT2D eigenvalue weighted by Crippen LogP contribution is 2.27. The summed E-state index contributed by atoms with van der Waals surface area (Å²) in [5.74, 6) is 1.06. The number of hydrogen-bond acceptors (Lipinski definition) is 2. The summed E-state index contributed by atoms with van der Waals surface area (Å²) in [5.41, 5.74) is 1.86. The molecule has 2 aromatic carbocycles. The summed E-state index contributed by atoms with van der Waals surface area (Å²) in [5, 5.41) is 3.18. The van der Waals surface area contributed by atoms with Gasteiger partial charge in [0.15, 0.2) is 0 Å². The topological polar surface area (TPSA) is 29.1 Å². The molecule has 0 aliphatic heterocycles. The van der Waals surface area contributed by atoms with Crippen molar-refractivity contribution in [1.29, 1.82) is 0 Å². The van der Waals surface area contributed by atoms with E-state index in [1.54, 1.807) is 0 Å². The second kappa shape index (κ2) is 10.9. The van der Waals surface area contributed by atoms with Crippen molar-refractivity contribution in [3.05, 3.63) is 71.8 Å². The lowest BCUT2D eigenvalue weighted by Gasteiger charge is -2.19. The first-order valence-electron chi connectivity index (χ1n) is 8.83. The van der Waals surface area contributed by atoms with Gasteiger partial charge in [0.25, 0.3) is 5.91 Å². The molecule has 0 radical (unpaired) electrons. The number of amides is 1. The predicted octanol–water partition coefficient (Wildman–Crippen LogP) is 5.82. The van der Waals surface area contributed by atoms with Crippen LogP contribution >= 0.6 is 11.8 Å². The van der Waals surface area contributed by atoms with Gasteiger partial charge in [-0.3, -0.25) is 4.79 Å². The van der Waals surface area contributed by atoms with Crippen molar-refractivity contribution >= 4 is 17.7 Å². The van der Waals surface area contributed by atoms with E-state index in [1.807, 2.05) is 60.3 Å². The fraction of sp³-hybridized carbons (Fsp3) is 0.381. The van der Waals surface area contributed by atoms with Gasteiger partial charge < -0.3 is 5.32 Å². The Morgan fingerprint density at radius 3 is 2.21 bits per heavy atom. The Balaban J connectivity index is 1.92. The summed E-state index contributed by atoms with van der Waals surface area (Å²) in [6.45, 7) is 2.24. The molecule has 1 atom stereocenters. The van der Waals surface area contributed by atoms with Gasteiger partial charge in [-0.1, -0.05) is 81.1 Å². The summed E-state index contributed by atoms with van der Waals surface area (Å²) < 4.78 is 0. The second-order valence-electron chi connectivity index (χ2n) is 5.92. The van der Waals surface area contributed by atoms with Gasteiger partial charge in [0.2, 0.25) is 0 Å². The van der Waals surface area contributed by atoms with E-state index in [0.29, 0.717) is 5.56 Å². The normalized spacial score (nSPS) is 11.9. The van der Waals surface area contributed by atoms with E-state index in [9.17, 15) is 4.79 Å². The Bertz CT molecular complexity index is 585. The van der Waals surface area contributed by atoms with E-state index < -0.39 is 0 Å². The minimum absolute atomic E-state index is 0.00470. The van der Waals surface area contributed by atoms with Crippen LogP contribution in [0.4, 0.5) is 0 Å². The van der Waals surface area contributed by atoms with Crippen LogP contribution in [0.2, 0.25) is 0 Å². The molecule has 2 rings (SSSR count). The van der Waals surface area contributed by atoms with Gasteiger partial charge in [-0.25, -0.2) is 0 Å². The molecule has 0 bridgehead atoms. The lowest BCUT2D eigenvalue weighted by molar-refractivity contribution is 0.0949. The Labute approximate surface area is 150 Å². The third-order valence-electron chi connectivity index (χ3n) is 3.93. The van der Waals surface area contributed by atoms with E-state index in [2.05, 4.69) is 24.4 Å². The molecule has 0 fully saturated rings. The highest BCUT2D eigenvalue weighted by Gasteiger charge is 2.15. The number of unbranched alkanes of at least 4 members (excludes halogenated alkanes) is 4. The Morgan fingerprint density at radius 1 is 0.917 bits per heavy atom. The Hall–Kier alpha value is -1.74. The standard InChI is InChI=1S/C21H27NOS/c1-2-3-4-5-12-17-24-21(19-15-10-7-11-16-19)22-20(23)18-13-8-6-9-14-18/h6-11,13-16,21H,2-5,12,17H2,1H3,(H,22,23)/t21-/m0/s1. The summed E-state index contributed by atoms with van der Waals surface area (Å²) in [6, 6.07) is 19.7. The number of carbonyl (C=O) groups excluding carboxylic acids is 1. The summed E-state index contributed by atoms with van der Waals surface area (Å²) in [7, 11) is 0. The Kier molecular flexibility index (Phi) is 8.47. The lowest BCUT2D eigenvalue weighted by Crippen LogP contribution is -2.26. The molecule has 0 aliphatic rings. The average Bonchev–Trinajstić information content (AvgIpc) is 2.65. The van der Waals surface area contributed by atoms with Gasteiger partial charge in [0, 0.05) is 5.56 Å². The molecule has 0 aromatic heterocycles. The van der Waals surface area contributed by atoms with E-state index in [1.165, 1.54) is 32.1 Å². The maximum absolute atomic E-state index is 12.5. The monoisotopic (exact) mass is 341 g/mol. The molecular formula is C21H27NOS. The SMILES string of the molecule is CCCCCCCS[C@H](NC(=O)c1ccccc1)c1ccccc1. The molecule has 1 N–H and O–H groups in total.